The number of amides is 2. The van der Waals surface area contributed by atoms with Crippen LogP contribution in [0.25, 0.3) is 0 Å². The van der Waals surface area contributed by atoms with Crippen LogP contribution >= 0.6 is 28.1 Å². The van der Waals surface area contributed by atoms with E-state index in [1.165, 1.54) is 0 Å². The standard InChI is InChI=1S/C22H26BrN3O3S/c1-4-5-11-29-19-10-9-15(12-18(19)23)21(28)26-22(30)25-17-8-6-7-16(13-17)24-20(27)14(2)3/h6-10,12-14H,4-5,11H2,1-3H3,(H,24,27)(H2,25,26,28,30). The van der Waals surface area contributed by atoms with Crippen LogP contribution < -0.4 is 20.7 Å². The van der Waals surface area contributed by atoms with Crippen LogP contribution in [0, 0.1) is 5.92 Å². The van der Waals surface area contributed by atoms with E-state index < -0.39 is 0 Å². The van der Waals surface area contributed by atoms with Gasteiger partial charge in [-0.2, -0.15) is 0 Å². The first-order valence-corrected chi connectivity index (χ1v) is 11.0. The average Bonchev–Trinajstić information content (AvgIpc) is 2.69. The molecule has 8 heteroatoms. The first-order valence-electron chi connectivity index (χ1n) is 9.75. The maximum absolute atomic E-state index is 12.5. The lowest BCUT2D eigenvalue weighted by Gasteiger charge is -2.13. The van der Waals surface area contributed by atoms with E-state index in [4.69, 9.17) is 17.0 Å². The molecule has 0 aliphatic carbocycles. The quantitative estimate of drug-likeness (QED) is 0.342. The van der Waals surface area contributed by atoms with Gasteiger partial charge >= 0.3 is 0 Å². The highest BCUT2D eigenvalue weighted by atomic mass is 79.9. The van der Waals surface area contributed by atoms with Crippen molar-refractivity contribution in [3.8, 4) is 5.75 Å². The van der Waals surface area contributed by atoms with E-state index in [1.807, 2.05) is 13.8 Å². The summed E-state index contributed by atoms with van der Waals surface area (Å²) in [5.74, 6) is 0.166. The van der Waals surface area contributed by atoms with Crippen LogP contribution in [0.2, 0.25) is 0 Å². The third-order valence-corrected chi connectivity index (χ3v) is 4.91. The van der Waals surface area contributed by atoms with Gasteiger partial charge in [-0.05, 0) is 71.0 Å². The van der Waals surface area contributed by atoms with Crippen molar-refractivity contribution in [2.45, 2.75) is 33.6 Å². The number of ether oxygens (including phenoxy) is 1. The second kappa shape index (κ2) is 11.7. The number of hydrogen-bond donors (Lipinski definition) is 3. The summed E-state index contributed by atoms with van der Waals surface area (Å²) in [5.41, 5.74) is 1.75. The third-order valence-electron chi connectivity index (χ3n) is 4.09. The van der Waals surface area contributed by atoms with Crippen LogP contribution in [0.4, 0.5) is 11.4 Å². The molecule has 0 aliphatic heterocycles. The molecule has 30 heavy (non-hydrogen) atoms. The van der Waals surface area contributed by atoms with E-state index in [0.717, 1.165) is 12.8 Å². The van der Waals surface area contributed by atoms with Gasteiger partial charge in [-0.3, -0.25) is 14.9 Å². The molecule has 3 N–H and O–H groups in total. The third kappa shape index (κ3) is 7.42. The number of hydrogen-bond acceptors (Lipinski definition) is 4. The molecule has 0 atom stereocenters. The summed E-state index contributed by atoms with van der Waals surface area (Å²) in [7, 11) is 0. The lowest BCUT2D eigenvalue weighted by molar-refractivity contribution is -0.118. The molecule has 0 radical (unpaired) electrons. The van der Waals surface area contributed by atoms with Gasteiger partial charge < -0.3 is 15.4 Å². The Morgan fingerprint density at radius 3 is 2.43 bits per heavy atom. The molecule has 0 saturated heterocycles. The monoisotopic (exact) mass is 491 g/mol. The minimum absolute atomic E-state index is 0.0734. The molecule has 6 nitrogen and oxygen atoms in total. The molecule has 0 aliphatic rings. The molecule has 0 unspecified atom stereocenters. The van der Waals surface area contributed by atoms with E-state index >= 15 is 0 Å². The van der Waals surface area contributed by atoms with Gasteiger partial charge in [0.05, 0.1) is 11.1 Å². The molecular formula is C22H26BrN3O3S. The number of unbranched alkanes of at least 4 members (excludes halogenated alkanes) is 1. The summed E-state index contributed by atoms with van der Waals surface area (Å²) < 4.78 is 6.39. The molecule has 2 rings (SSSR count). The van der Waals surface area contributed by atoms with Gasteiger partial charge in [0.15, 0.2) is 5.11 Å². The van der Waals surface area contributed by atoms with Crippen molar-refractivity contribution in [1.29, 1.82) is 0 Å². The fourth-order valence-corrected chi connectivity index (χ4v) is 3.09. The molecule has 0 spiro atoms. The summed E-state index contributed by atoms with van der Waals surface area (Å²) in [4.78, 5) is 24.3. The SMILES string of the molecule is CCCCOc1ccc(C(=O)NC(=S)Nc2cccc(NC(=O)C(C)C)c2)cc1Br. The van der Waals surface area contributed by atoms with E-state index in [2.05, 4.69) is 38.8 Å². The molecule has 0 saturated carbocycles. The molecule has 0 heterocycles. The zero-order valence-corrected chi connectivity index (χ0v) is 19.7. The van der Waals surface area contributed by atoms with Gasteiger partial charge in [-0.15, -0.1) is 0 Å². The van der Waals surface area contributed by atoms with Crippen LogP contribution in [0.5, 0.6) is 5.75 Å². The minimum Gasteiger partial charge on any atom is -0.492 e. The number of nitrogens with one attached hydrogen (secondary N) is 3. The first-order chi connectivity index (χ1) is 14.3. The molecule has 2 aromatic carbocycles. The Morgan fingerprint density at radius 2 is 1.80 bits per heavy atom. The van der Waals surface area contributed by atoms with Crippen LogP contribution in [0.3, 0.4) is 0 Å². The van der Waals surface area contributed by atoms with Crippen LogP contribution in [0.15, 0.2) is 46.9 Å². The number of rotatable bonds is 8. The smallest absolute Gasteiger partial charge is 0.257 e. The molecular weight excluding hydrogens is 466 g/mol. The summed E-state index contributed by atoms with van der Waals surface area (Å²) >= 11 is 8.68. The molecule has 0 aromatic heterocycles. The van der Waals surface area contributed by atoms with Crippen molar-refractivity contribution in [3.63, 3.8) is 0 Å². The second-order valence-electron chi connectivity index (χ2n) is 6.98. The highest BCUT2D eigenvalue weighted by Gasteiger charge is 2.12. The first kappa shape index (κ1) is 23.8. The Hall–Kier alpha value is -2.45. The predicted molar refractivity (Wildman–Crippen MR) is 128 cm³/mol. The Bertz CT molecular complexity index is 918. The predicted octanol–water partition coefficient (Wildman–Crippen LogP) is 5.35. The van der Waals surface area contributed by atoms with Crippen LogP contribution in [-0.4, -0.2) is 23.5 Å². The van der Waals surface area contributed by atoms with Crippen molar-refractivity contribution in [3.05, 3.63) is 52.5 Å². The van der Waals surface area contributed by atoms with Gasteiger partial charge in [0.2, 0.25) is 5.91 Å². The normalized spacial score (nSPS) is 10.4. The number of halogens is 1. The van der Waals surface area contributed by atoms with Crippen molar-refractivity contribution >= 4 is 56.4 Å². The van der Waals surface area contributed by atoms with Gasteiger partial charge in [-0.25, -0.2) is 0 Å². The largest absolute Gasteiger partial charge is 0.492 e. The Labute approximate surface area is 190 Å². The van der Waals surface area contributed by atoms with Crippen molar-refractivity contribution in [2.75, 3.05) is 17.2 Å². The van der Waals surface area contributed by atoms with Gasteiger partial charge in [0.1, 0.15) is 5.75 Å². The maximum Gasteiger partial charge on any atom is 0.257 e. The molecule has 0 bridgehead atoms. The van der Waals surface area contributed by atoms with Gasteiger partial charge in [0.25, 0.3) is 5.91 Å². The van der Waals surface area contributed by atoms with E-state index in [1.54, 1.807) is 42.5 Å². The molecule has 0 fully saturated rings. The maximum atomic E-state index is 12.5. The van der Waals surface area contributed by atoms with E-state index in [0.29, 0.717) is 33.8 Å². The fourth-order valence-electron chi connectivity index (χ4n) is 2.38. The molecule has 2 aromatic rings. The number of thiocarbonyl (C=S) groups is 1. The van der Waals surface area contributed by atoms with Gasteiger partial charge in [0, 0.05) is 22.9 Å². The number of benzene rings is 2. The number of anilines is 2. The lowest BCUT2D eigenvalue weighted by atomic mass is 10.2. The van der Waals surface area contributed by atoms with Gasteiger partial charge in [-0.1, -0.05) is 33.3 Å². The van der Waals surface area contributed by atoms with Crippen LogP contribution in [-0.2, 0) is 4.79 Å². The number of carbonyl (C=O) groups is 2. The lowest BCUT2D eigenvalue weighted by Crippen LogP contribution is -2.34. The number of carbonyl (C=O) groups excluding carboxylic acids is 2. The highest BCUT2D eigenvalue weighted by Crippen LogP contribution is 2.26. The average molecular weight is 492 g/mol. The molecule has 160 valence electrons. The summed E-state index contributed by atoms with van der Waals surface area (Å²) in [6.07, 6.45) is 2.02. The minimum atomic E-state index is -0.336. The Kier molecular flexibility index (Phi) is 9.26. The zero-order chi connectivity index (χ0) is 22.1. The fraction of sp³-hybridized carbons (Fsp3) is 0.318. The van der Waals surface area contributed by atoms with Crippen LogP contribution in [0.1, 0.15) is 44.0 Å². The zero-order valence-electron chi connectivity index (χ0n) is 17.3. The summed E-state index contributed by atoms with van der Waals surface area (Å²) in [6.45, 7) is 6.38. The Balaban J connectivity index is 1.95. The molecule has 2 amide bonds. The van der Waals surface area contributed by atoms with Crippen molar-refractivity contribution in [2.24, 2.45) is 5.92 Å². The van der Waals surface area contributed by atoms with E-state index in [-0.39, 0.29) is 22.8 Å². The van der Waals surface area contributed by atoms with E-state index in [9.17, 15) is 9.59 Å². The van der Waals surface area contributed by atoms with Crippen molar-refractivity contribution in [1.82, 2.24) is 5.32 Å². The topological polar surface area (TPSA) is 79.5 Å². The summed E-state index contributed by atoms with van der Waals surface area (Å²) in [6, 6.07) is 12.3. The summed E-state index contributed by atoms with van der Waals surface area (Å²) in [5, 5.41) is 8.60. The second-order valence-corrected chi connectivity index (χ2v) is 8.24. The Morgan fingerprint density at radius 1 is 1.10 bits per heavy atom. The highest BCUT2D eigenvalue weighted by molar-refractivity contribution is 9.10. The van der Waals surface area contributed by atoms with Crippen molar-refractivity contribution < 1.29 is 14.3 Å².